The van der Waals surface area contributed by atoms with Crippen molar-refractivity contribution < 1.29 is 4.79 Å². The number of anilines is 1. The summed E-state index contributed by atoms with van der Waals surface area (Å²) in [4.78, 5) is 19.3. The molecule has 2 heterocycles. The summed E-state index contributed by atoms with van der Waals surface area (Å²) in [5, 5.41) is 6.71. The lowest BCUT2D eigenvalue weighted by Gasteiger charge is -2.00. The van der Waals surface area contributed by atoms with E-state index in [-0.39, 0.29) is 17.0 Å². The minimum Gasteiger partial charge on any atom is -0.289 e. The first-order valence-corrected chi connectivity index (χ1v) is 4.82. The van der Waals surface area contributed by atoms with Gasteiger partial charge in [-0.1, -0.05) is 11.6 Å². The lowest BCUT2D eigenvalue weighted by Crippen LogP contribution is -2.15. The first kappa shape index (κ1) is 10.6. The molecule has 2 aromatic heterocycles. The molecule has 0 saturated heterocycles. The number of nitrogens with one attached hydrogen (secondary N) is 1. The second kappa shape index (κ2) is 4.28. The van der Waals surface area contributed by atoms with Gasteiger partial charge in [0.25, 0.3) is 5.91 Å². The van der Waals surface area contributed by atoms with Crippen LogP contribution < -0.4 is 5.32 Å². The quantitative estimate of drug-likeness (QED) is 0.795. The molecule has 1 amide bonds. The van der Waals surface area contributed by atoms with Crippen molar-refractivity contribution in [1.82, 2.24) is 19.7 Å². The van der Waals surface area contributed by atoms with Crippen molar-refractivity contribution in [1.29, 1.82) is 0 Å². The van der Waals surface area contributed by atoms with E-state index in [4.69, 9.17) is 11.6 Å². The van der Waals surface area contributed by atoms with Gasteiger partial charge in [-0.15, -0.1) is 0 Å². The number of amides is 1. The van der Waals surface area contributed by atoms with Crippen molar-refractivity contribution in [3.63, 3.8) is 0 Å². The van der Waals surface area contributed by atoms with Crippen LogP contribution in [-0.4, -0.2) is 25.7 Å². The minimum absolute atomic E-state index is 0.156. The highest BCUT2D eigenvalue weighted by Gasteiger charge is 2.10. The molecule has 0 fully saturated rings. The van der Waals surface area contributed by atoms with Crippen LogP contribution >= 0.6 is 11.6 Å². The lowest BCUT2D eigenvalue weighted by atomic mass is 10.4. The third-order valence-corrected chi connectivity index (χ3v) is 2.00. The number of aromatic nitrogens is 4. The van der Waals surface area contributed by atoms with Crippen LogP contribution in [0.25, 0.3) is 0 Å². The average molecular weight is 238 g/mol. The fraction of sp³-hybridized carbons (Fsp3) is 0.111. The zero-order valence-electron chi connectivity index (χ0n) is 8.38. The molecule has 0 aliphatic heterocycles. The highest BCUT2D eigenvalue weighted by atomic mass is 35.5. The number of hydrogen-bond donors (Lipinski definition) is 1. The number of rotatable bonds is 2. The van der Waals surface area contributed by atoms with Crippen molar-refractivity contribution in [2.75, 3.05) is 5.32 Å². The van der Waals surface area contributed by atoms with E-state index in [0.717, 1.165) is 0 Å². The summed E-state index contributed by atoms with van der Waals surface area (Å²) in [6, 6.07) is 3.12. The monoisotopic (exact) mass is 237 g/mol. The maximum atomic E-state index is 11.6. The molecule has 2 rings (SSSR count). The van der Waals surface area contributed by atoms with Gasteiger partial charge >= 0.3 is 0 Å². The van der Waals surface area contributed by atoms with Gasteiger partial charge in [0.15, 0.2) is 5.69 Å². The Morgan fingerprint density at radius 2 is 2.31 bits per heavy atom. The van der Waals surface area contributed by atoms with Gasteiger partial charge in [0.05, 0.1) is 0 Å². The van der Waals surface area contributed by atoms with E-state index in [1.807, 2.05) is 0 Å². The standard InChI is InChI=1S/C9H8ClN5O/c1-15-5-3-6(14-15)8(16)13-9-11-4-2-7(10)12-9/h2-5H,1H3,(H,11,12,13,16). The van der Waals surface area contributed by atoms with Crippen LogP contribution in [0.3, 0.4) is 0 Å². The molecule has 82 valence electrons. The smallest absolute Gasteiger partial charge is 0.278 e. The summed E-state index contributed by atoms with van der Waals surface area (Å²) in [7, 11) is 1.73. The Labute approximate surface area is 96.3 Å². The largest absolute Gasteiger partial charge is 0.289 e. The predicted octanol–water partition coefficient (Wildman–Crippen LogP) is 1.12. The van der Waals surface area contributed by atoms with E-state index < -0.39 is 0 Å². The van der Waals surface area contributed by atoms with Crippen LogP contribution in [0.5, 0.6) is 0 Å². The molecule has 0 bridgehead atoms. The van der Waals surface area contributed by atoms with Crippen LogP contribution in [0.1, 0.15) is 10.5 Å². The summed E-state index contributed by atoms with van der Waals surface area (Å²) >= 11 is 5.66. The molecule has 0 atom stereocenters. The van der Waals surface area contributed by atoms with Gasteiger partial charge < -0.3 is 0 Å². The van der Waals surface area contributed by atoms with Crippen LogP contribution in [0.2, 0.25) is 5.15 Å². The number of hydrogen-bond acceptors (Lipinski definition) is 4. The van der Waals surface area contributed by atoms with Crippen LogP contribution in [0.4, 0.5) is 5.95 Å². The van der Waals surface area contributed by atoms with Crippen molar-refractivity contribution in [2.45, 2.75) is 0 Å². The molecule has 2 aromatic rings. The molecule has 1 N–H and O–H groups in total. The number of carbonyl (C=O) groups excluding carboxylic acids is 1. The Morgan fingerprint density at radius 1 is 1.50 bits per heavy atom. The van der Waals surface area contributed by atoms with Crippen LogP contribution in [0, 0.1) is 0 Å². The first-order valence-electron chi connectivity index (χ1n) is 4.45. The summed E-state index contributed by atoms with van der Waals surface area (Å²) < 4.78 is 1.54. The highest BCUT2D eigenvalue weighted by Crippen LogP contribution is 2.06. The minimum atomic E-state index is -0.372. The molecular formula is C9H8ClN5O. The van der Waals surface area contributed by atoms with Gasteiger partial charge in [-0.25, -0.2) is 9.97 Å². The first-order chi connectivity index (χ1) is 7.65. The van der Waals surface area contributed by atoms with E-state index in [1.165, 1.54) is 16.9 Å². The van der Waals surface area contributed by atoms with Gasteiger partial charge in [0.2, 0.25) is 5.95 Å². The number of halogens is 1. The second-order valence-corrected chi connectivity index (χ2v) is 3.42. The summed E-state index contributed by atoms with van der Waals surface area (Å²) in [5.74, 6) is -0.217. The molecule has 16 heavy (non-hydrogen) atoms. The van der Waals surface area contributed by atoms with Crippen molar-refractivity contribution in [3.05, 3.63) is 35.4 Å². The van der Waals surface area contributed by atoms with E-state index >= 15 is 0 Å². The molecular weight excluding hydrogens is 230 g/mol. The van der Waals surface area contributed by atoms with Gasteiger partial charge in [0.1, 0.15) is 5.15 Å². The highest BCUT2D eigenvalue weighted by molar-refractivity contribution is 6.29. The Balaban J connectivity index is 2.13. The molecule has 0 spiro atoms. The molecule has 7 heteroatoms. The number of nitrogens with zero attached hydrogens (tertiary/aromatic N) is 4. The molecule has 0 aliphatic rings. The van der Waals surface area contributed by atoms with Gasteiger partial charge in [0, 0.05) is 19.4 Å². The molecule has 0 radical (unpaired) electrons. The Hall–Kier alpha value is -1.95. The zero-order chi connectivity index (χ0) is 11.5. The van der Waals surface area contributed by atoms with Gasteiger partial charge in [-0.05, 0) is 12.1 Å². The Kier molecular flexibility index (Phi) is 2.82. The van der Waals surface area contributed by atoms with E-state index in [2.05, 4.69) is 20.4 Å². The summed E-state index contributed by atoms with van der Waals surface area (Å²) in [5.41, 5.74) is 0.297. The summed E-state index contributed by atoms with van der Waals surface area (Å²) in [6.45, 7) is 0. The molecule has 0 saturated carbocycles. The van der Waals surface area contributed by atoms with Crippen LogP contribution in [-0.2, 0) is 7.05 Å². The van der Waals surface area contributed by atoms with E-state index in [9.17, 15) is 4.79 Å². The van der Waals surface area contributed by atoms with Gasteiger partial charge in [-0.2, -0.15) is 5.10 Å². The zero-order valence-corrected chi connectivity index (χ0v) is 9.14. The number of aryl methyl sites for hydroxylation is 1. The molecule has 0 aromatic carbocycles. The van der Waals surface area contributed by atoms with Crippen molar-refractivity contribution in [2.24, 2.45) is 7.05 Å². The van der Waals surface area contributed by atoms with Gasteiger partial charge in [-0.3, -0.25) is 14.8 Å². The fourth-order valence-corrected chi connectivity index (χ4v) is 1.24. The maximum Gasteiger partial charge on any atom is 0.278 e. The van der Waals surface area contributed by atoms with E-state index in [1.54, 1.807) is 19.3 Å². The fourth-order valence-electron chi connectivity index (χ4n) is 1.10. The Bertz CT molecular complexity index is 524. The second-order valence-electron chi connectivity index (χ2n) is 3.03. The van der Waals surface area contributed by atoms with Crippen LogP contribution in [0.15, 0.2) is 24.5 Å². The SMILES string of the molecule is Cn1ccc(C(=O)Nc2nccc(Cl)n2)n1. The molecule has 0 unspecified atom stereocenters. The topological polar surface area (TPSA) is 72.7 Å². The van der Waals surface area contributed by atoms with E-state index in [0.29, 0.717) is 5.69 Å². The Morgan fingerprint density at radius 3 is 2.94 bits per heavy atom. The van der Waals surface area contributed by atoms with Crippen molar-refractivity contribution in [3.8, 4) is 0 Å². The predicted molar refractivity (Wildman–Crippen MR) is 58.2 cm³/mol. The molecule has 6 nitrogen and oxygen atoms in total. The normalized spacial score (nSPS) is 10.1. The third kappa shape index (κ3) is 2.34. The number of carbonyl (C=O) groups is 1. The van der Waals surface area contributed by atoms with Crippen molar-refractivity contribution >= 4 is 23.5 Å². The lowest BCUT2D eigenvalue weighted by molar-refractivity contribution is 0.102. The average Bonchev–Trinajstić information content (AvgIpc) is 2.65. The third-order valence-electron chi connectivity index (χ3n) is 1.79. The summed E-state index contributed by atoms with van der Waals surface area (Å²) in [6.07, 6.45) is 3.14. The molecule has 0 aliphatic carbocycles. The maximum absolute atomic E-state index is 11.6.